The molecule has 0 aliphatic carbocycles. The third-order valence-electron chi connectivity index (χ3n) is 7.43. The molecule has 0 saturated carbocycles. The lowest BCUT2D eigenvalue weighted by Crippen LogP contribution is -2.63. The molecule has 4 aromatic rings. The summed E-state index contributed by atoms with van der Waals surface area (Å²) in [6.07, 6.45) is -2.90. The van der Waals surface area contributed by atoms with Crippen molar-refractivity contribution in [2.45, 2.75) is 54.3 Å². The second-order valence-corrected chi connectivity index (χ2v) is 11.7. The molecule has 0 spiro atoms. The van der Waals surface area contributed by atoms with E-state index in [2.05, 4.69) is 0 Å². The smallest absolute Gasteiger partial charge is 0.184 e. The first-order chi connectivity index (χ1) is 20.7. The summed E-state index contributed by atoms with van der Waals surface area (Å²) >= 11 is 0. The highest BCUT2D eigenvalue weighted by Gasteiger charge is 2.53. The zero-order valence-electron chi connectivity index (χ0n) is 23.3. The van der Waals surface area contributed by atoms with Crippen LogP contribution in [-0.2, 0) is 47.7 Å². The number of hydrogen-bond donors (Lipinski definition) is 0. The van der Waals surface area contributed by atoms with Gasteiger partial charge in [-0.25, -0.2) is 0 Å². The van der Waals surface area contributed by atoms with Gasteiger partial charge in [0.1, 0.15) is 30.2 Å². The van der Waals surface area contributed by atoms with Gasteiger partial charge in [-0.05, 0) is 35.4 Å². The Labute approximate surface area is 248 Å². The minimum absolute atomic E-state index is 0.264. The van der Waals surface area contributed by atoms with E-state index in [0.717, 1.165) is 22.4 Å². The highest BCUT2D eigenvalue weighted by atomic mass is 32.2. The average molecular weight is 587 g/mol. The number of methoxy groups -OCH3 is 1. The van der Waals surface area contributed by atoms with Crippen LogP contribution in [0.2, 0.25) is 0 Å². The summed E-state index contributed by atoms with van der Waals surface area (Å²) < 4.78 is 51.8. The maximum Gasteiger partial charge on any atom is 0.184 e. The SMILES string of the molecule is COc1ccc(CO[C@@H]2C(OCc3ccccc3)[C@H](S(=O)c3ccccc3)OC3COC(c4ccccc4)O[C@@H]32)cc1. The Morgan fingerprint density at radius 3 is 1.98 bits per heavy atom. The molecule has 0 amide bonds. The van der Waals surface area contributed by atoms with Crippen molar-refractivity contribution in [3.63, 3.8) is 0 Å². The summed E-state index contributed by atoms with van der Waals surface area (Å²) in [5, 5.41) is 0. The van der Waals surface area contributed by atoms with E-state index in [1.165, 1.54) is 0 Å². The molecule has 2 aliphatic rings. The minimum Gasteiger partial charge on any atom is -0.497 e. The van der Waals surface area contributed by atoms with E-state index in [0.29, 0.717) is 18.1 Å². The van der Waals surface area contributed by atoms with Gasteiger partial charge in [-0.1, -0.05) is 91.0 Å². The molecule has 7 nitrogen and oxygen atoms in total. The van der Waals surface area contributed by atoms with Gasteiger partial charge in [-0.3, -0.25) is 4.21 Å². The van der Waals surface area contributed by atoms with Crippen molar-refractivity contribution in [3.05, 3.63) is 132 Å². The lowest BCUT2D eigenvalue weighted by atomic mass is 9.98. The number of fused-ring (bicyclic) bond motifs is 1. The molecule has 42 heavy (non-hydrogen) atoms. The van der Waals surface area contributed by atoms with Crippen molar-refractivity contribution >= 4 is 10.8 Å². The van der Waals surface area contributed by atoms with Crippen molar-refractivity contribution in [3.8, 4) is 5.75 Å². The van der Waals surface area contributed by atoms with Crippen LogP contribution < -0.4 is 4.74 Å². The van der Waals surface area contributed by atoms with E-state index in [-0.39, 0.29) is 6.61 Å². The van der Waals surface area contributed by atoms with E-state index >= 15 is 0 Å². The van der Waals surface area contributed by atoms with Crippen LogP contribution in [0.4, 0.5) is 0 Å². The first-order valence-corrected chi connectivity index (χ1v) is 15.2. The van der Waals surface area contributed by atoms with Crippen molar-refractivity contribution in [1.82, 2.24) is 0 Å². The second kappa shape index (κ2) is 13.7. The van der Waals surface area contributed by atoms with E-state index < -0.39 is 46.9 Å². The molecule has 2 fully saturated rings. The Morgan fingerprint density at radius 2 is 1.31 bits per heavy atom. The van der Waals surface area contributed by atoms with Crippen LogP contribution in [0.5, 0.6) is 5.75 Å². The zero-order chi connectivity index (χ0) is 28.7. The minimum atomic E-state index is -1.55. The summed E-state index contributed by atoms with van der Waals surface area (Å²) in [6.45, 7) is 0.865. The first-order valence-electron chi connectivity index (χ1n) is 14.0. The van der Waals surface area contributed by atoms with Crippen LogP contribution in [0.3, 0.4) is 0 Å². The Balaban J connectivity index is 1.33. The van der Waals surface area contributed by atoms with Crippen LogP contribution in [0.15, 0.2) is 120 Å². The second-order valence-electron chi connectivity index (χ2n) is 10.2. The first kappa shape index (κ1) is 28.7. The fraction of sp³-hybridized carbons (Fsp3) is 0.294. The standard InChI is InChI=1S/C34H34O7S/c1-36-27-19-17-25(18-20-27)22-37-31-30-29(23-39-33(41-30)26-13-7-3-8-14-26)40-34(42(35)28-15-9-4-10-16-28)32(31)38-21-24-11-5-2-6-12-24/h2-20,29-34H,21-23H2,1H3/t29?,30-,31-,32?,33?,34-,42?/m0/s1. The summed E-state index contributed by atoms with van der Waals surface area (Å²) in [7, 11) is 0.0942. The highest BCUT2D eigenvalue weighted by molar-refractivity contribution is 7.85. The van der Waals surface area contributed by atoms with Crippen molar-refractivity contribution in [2.24, 2.45) is 0 Å². The monoisotopic (exact) mass is 586 g/mol. The van der Waals surface area contributed by atoms with Crippen molar-refractivity contribution in [2.75, 3.05) is 13.7 Å². The molecule has 6 rings (SSSR count). The maximum atomic E-state index is 14.0. The Kier molecular flexibility index (Phi) is 9.40. The third kappa shape index (κ3) is 6.65. The molecule has 4 aromatic carbocycles. The van der Waals surface area contributed by atoms with Gasteiger partial charge in [-0.15, -0.1) is 0 Å². The van der Waals surface area contributed by atoms with Gasteiger partial charge in [0, 0.05) is 10.5 Å². The van der Waals surface area contributed by atoms with Crippen LogP contribution in [-0.4, -0.2) is 47.8 Å². The summed E-state index contributed by atoms with van der Waals surface area (Å²) in [5.74, 6) is 0.769. The van der Waals surface area contributed by atoms with E-state index in [1.54, 1.807) is 7.11 Å². The molecule has 0 N–H and O–H groups in total. The predicted molar refractivity (Wildman–Crippen MR) is 158 cm³/mol. The summed E-state index contributed by atoms with van der Waals surface area (Å²) in [6, 6.07) is 36.7. The van der Waals surface area contributed by atoms with E-state index in [1.807, 2.05) is 115 Å². The molecule has 0 radical (unpaired) electrons. The molecule has 2 heterocycles. The Morgan fingerprint density at radius 1 is 0.714 bits per heavy atom. The van der Waals surface area contributed by atoms with Gasteiger partial charge in [-0.2, -0.15) is 0 Å². The van der Waals surface area contributed by atoms with Crippen LogP contribution >= 0.6 is 0 Å². The van der Waals surface area contributed by atoms with Gasteiger partial charge in [0.2, 0.25) is 0 Å². The Bertz CT molecular complexity index is 1420. The summed E-state index contributed by atoms with van der Waals surface area (Å²) in [5.41, 5.74) is 2.06. The molecule has 218 valence electrons. The quantitative estimate of drug-likeness (QED) is 0.232. The lowest BCUT2D eigenvalue weighted by Gasteiger charge is -2.49. The third-order valence-corrected chi connectivity index (χ3v) is 8.97. The molecular weight excluding hydrogens is 552 g/mol. The van der Waals surface area contributed by atoms with Gasteiger partial charge in [0.25, 0.3) is 0 Å². The topological polar surface area (TPSA) is 72.5 Å². The van der Waals surface area contributed by atoms with E-state index in [4.69, 9.17) is 28.4 Å². The van der Waals surface area contributed by atoms with Gasteiger partial charge in [0.15, 0.2) is 11.7 Å². The molecule has 0 bridgehead atoms. The lowest BCUT2D eigenvalue weighted by molar-refractivity contribution is -0.330. The van der Waals surface area contributed by atoms with Crippen molar-refractivity contribution < 1.29 is 32.6 Å². The molecule has 7 atom stereocenters. The van der Waals surface area contributed by atoms with Crippen molar-refractivity contribution in [1.29, 1.82) is 0 Å². The summed E-state index contributed by atoms with van der Waals surface area (Å²) in [4.78, 5) is 0.656. The zero-order valence-corrected chi connectivity index (χ0v) is 24.1. The molecule has 4 unspecified atom stereocenters. The van der Waals surface area contributed by atoms with Gasteiger partial charge >= 0.3 is 0 Å². The number of ether oxygens (including phenoxy) is 6. The highest BCUT2D eigenvalue weighted by Crippen LogP contribution is 2.38. The molecule has 8 heteroatoms. The molecular formula is C34H34O7S. The van der Waals surface area contributed by atoms with Gasteiger partial charge < -0.3 is 28.4 Å². The molecule has 2 aliphatic heterocycles. The Hall–Kier alpha value is -3.37. The maximum absolute atomic E-state index is 14.0. The largest absolute Gasteiger partial charge is 0.497 e. The molecule has 0 aromatic heterocycles. The fourth-order valence-corrected chi connectivity index (χ4v) is 6.65. The normalized spacial score (nSPS) is 26.2. The van der Waals surface area contributed by atoms with Crippen LogP contribution in [0.25, 0.3) is 0 Å². The average Bonchev–Trinajstić information content (AvgIpc) is 3.07. The van der Waals surface area contributed by atoms with E-state index in [9.17, 15) is 4.21 Å². The molecule has 2 saturated heterocycles. The van der Waals surface area contributed by atoms with Crippen LogP contribution in [0, 0.1) is 0 Å². The number of benzene rings is 4. The van der Waals surface area contributed by atoms with Crippen LogP contribution in [0.1, 0.15) is 23.0 Å². The number of rotatable bonds is 10. The number of hydrogen-bond acceptors (Lipinski definition) is 7. The predicted octanol–water partition coefficient (Wildman–Crippen LogP) is 5.81. The van der Waals surface area contributed by atoms with Gasteiger partial charge in [0.05, 0.1) is 37.7 Å². The fourth-order valence-electron chi connectivity index (χ4n) is 5.23.